The lowest BCUT2D eigenvalue weighted by Crippen LogP contribution is -1.99. The summed E-state index contributed by atoms with van der Waals surface area (Å²) in [5, 5.41) is 4.56. The lowest BCUT2D eigenvalue weighted by Gasteiger charge is -2.10. The minimum absolute atomic E-state index is 0.805. The normalized spacial score (nSPS) is 11.1. The van der Waals surface area contributed by atoms with Gasteiger partial charge in [0.05, 0.1) is 5.39 Å². The van der Waals surface area contributed by atoms with Gasteiger partial charge in [-0.05, 0) is 61.7 Å². The third kappa shape index (κ3) is 3.68. The maximum atomic E-state index is 4.68. The van der Waals surface area contributed by atoms with Crippen molar-refractivity contribution in [3.05, 3.63) is 102 Å². The summed E-state index contributed by atoms with van der Waals surface area (Å²) in [6.07, 6.45) is 3.79. The summed E-state index contributed by atoms with van der Waals surface area (Å²) in [6.45, 7) is 6.31. The molecule has 0 radical (unpaired) electrons. The van der Waals surface area contributed by atoms with Gasteiger partial charge in [-0.25, -0.2) is 9.97 Å². The Kier molecular flexibility index (Phi) is 4.75. The molecule has 0 spiro atoms. The number of hydrogen-bond acceptors (Lipinski definition) is 3. The molecule has 152 valence electrons. The summed E-state index contributed by atoms with van der Waals surface area (Å²) in [7, 11) is 0. The topological polar surface area (TPSA) is 42.7 Å². The van der Waals surface area contributed by atoms with Gasteiger partial charge in [0.25, 0.3) is 0 Å². The Morgan fingerprint density at radius 3 is 2.16 bits per heavy atom. The quantitative estimate of drug-likeness (QED) is 0.360. The van der Waals surface area contributed by atoms with Gasteiger partial charge in [-0.3, -0.25) is 0 Å². The van der Waals surface area contributed by atoms with Crippen molar-refractivity contribution < 1.29 is 0 Å². The molecule has 3 aromatic carbocycles. The number of fused-ring (bicyclic) bond motifs is 1. The van der Waals surface area contributed by atoms with E-state index >= 15 is 0 Å². The summed E-state index contributed by atoms with van der Waals surface area (Å²) in [5.41, 5.74) is 8.88. The highest BCUT2D eigenvalue weighted by molar-refractivity contribution is 6.03. The van der Waals surface area contributed by atoms with Crippen LogP contribution in [0.25, 0.3) is 27.8 Å². The molecule has 5 rings (SSSR count). The SMILES string of the molecule is Cc1ccc(-n2cc(-c3ccccc3)c3c(Nc4cc(C)cc(C)c4)ncnc32)cc1. The summed E-state index contributed by atoms with van der Waals surface area (Å²) < 4.78 is 2.14. The standard InChI is InChI=1S/C27H24N4/c1-18-9-11-23(12-10-18)31-16-24(21-7-5-4-6-8-21)25-26(28-17-29-27(25)31)30-22-14-19(2)13-20(3)15-22/h4-17H,1-3H3,(H,28,29,30). The monoisotopic (exact) mass is 404 g/mol. The molecule has 1 N–H and O–H groups in total. The number of benzene rings is 3. The highest BCUT2D eigenvalue weighted by atomic mass is 15.1. The summed E-state index contributed by atoms with van der Waals surface area (Å²) >= 11 is 0. The Labute approximate surface area is 182 Å². The highest BCUT2D eigenvalue weighted by Crippen LogP contribution is 2.36. The molecule has 0 aliphatic carbocycles. The second kappa shape index (κ2) is 7.73. The van der Waals surface area contributed by atoms with Crippen LogP contribution in [0.5, 0.6) is 0 Å². The number of anilines is 2. The van der Waals surface area contributed by atoms with Crippen LogP contribution in [0.4, 0.5) is 11.5 Å². The van der Waals surface area contributed by atoms with Gasteiger partial charge in [0.1, 0.15) is 12.1 Å². The number of aromatic nitrogens is 3. The van der Waals surface area contributed by atoms with E-state index in [0.29, 0.717) is 0 Å². The van der Waals surface area contributed by atoms with Crippen LogP contribution >= 0.6 is 0 Å². The molecule has 0 aliphatic heterocycles. The molecule has 5 aromatic rings. The summed E-state index contributed by atoms with van der Waals surface area (Å²) in [4.78, 5) is 9.31. The summed E-state index contributed by atoms with van der Waals surface area (Å²) in [6, 6.07) is 25.4. The molecule has 0 saturated carbocycles. The van der Waals surface area contributed by atoms with Crippen LogP contribution in [0, 0.1) is 20.8 Å². The number of nitrogens with one attached hydrogen (secondary N) is 1. The predicted molar refractivity (Wildman–Crippen MR) is 128 cm³/mol. The van der Waals surface area contributed by atoms with Gasteiger partial charge in [-0.15, -0.1) is 0 Å². The molecule has 0 amide bonds. The van der Waals surface area contributed by atoms with Crippen molar-refractivity contribution in [1.82, 2.24) is 14.5 Å². The van der Waals surface area contributed by atoms with Crippen LogP contribution in [0.2, 0.25) is 0 Å². The van der Waals surface area contributed by atoms with E-state index in [1.807, 2.05) is 6.07 Å². The van der Waals surface area contributed by atoms with Gasteiger partial charge < -0.3 is 9.88 Å². The van der Waals surface area contributed by atoms with Crippen LogP contribution in [0.15, 0.2) is 85.3 Å². The maximum Gasteiger partial charge on any atom is 0.150 e. The number of nitrogens with zero attached hydrogens (tertiary/aromatic N) is 3. The van der Waals surface area contributed by atoms with Crippen LogP contribution < -0.4 is 5.32 Å². The second-order valence-electron chi connectivity index (χ2n) is 8.04. The van der Waals surface area contributed by atoms with Gasteiger partial charge in [0, 0.05) is 23.1 Å². The van der Waals surface area contributed by atoms with Crippen molar-refractivity contribution in [3.8, 4) is 16.8 Å². The first-order valence-electron chi connectivity index (χ1n) is 10.4. The average molecular weight is 405 g/mol. The Bertz CT molecular complexity index is 1350. The molecule has 0 atom stereocenters. The van der Waals surface area contributed by atoms with Crippen molar-refractivity contribution in [2.24, 2.45) is 0 Å². The molecule has 0 saturated heterocycles. The zero-order chi connectivity index (χ0) is 21.4. The Morgan fingerprint density at radius 1 is 0.742 bits per heavy atom. The van der Waals surface area contributed by atoms with E-state index in [1.54, 1.807) is 6.33 Å². The van der Waals surface area contributed by atoms with Crippen LogP contribution in [-0.2, 0) is 0 Å². The van der Waals surface area contributed by atoms with Crippen molar-refractivity contribution in [2.75, 3.05) is 5.32 Å². The molecular formula is C27H24N4. The van der Waals surface area contributed by atoms with E-state index in [0.717, 1.165) is 39.4 Å². The second-order valence-corrected chi connectivity index (χ2v) is 8.04. The van der Waals surface area contributed by atoms with Gasteiger partial charge in [-0.1, -0.05) is 54.1 Å². The first-order chi connectivity index (χ1) is 15.1. The van der Waals surface area contributed by atoms with Crippen LogP contribution in [0.3, 0.4) is 0 Å². The zero-order valence-corrected chi connectivity index (χ0v) is 17.9. The number of rotatable bonds is 4. The third-order valence-corrected chi connectivity index (χ3v) is 5.46. The largest absolute Gasteiger partial charge is 0.340 e. The molecular weight excluding hydrogens is 380 g/mol. The van der Waals surface area contributed by atoms with Crippen molar-refractivity contribution in [1.29, 1.82) is 0 Å². The highest BCUT2D eigenvalue weighted by Gasteiger charge is 2.17. The number of hydrogen-bond donors (Lipinski definition) is 1. The molecule has 4 nitrogen and oxygen atoms in total. The molecule has 0 bridgehead atoms. The minimum atomic E-state index is 0.805. The van der Waals surface area contributed by atoms with E-state index in [2.05, 4.69) is 114 Å². The van der Waals surface area contributed by atoms with Gasteiger partial charge in [0.15, 0.2) is 5.65 Å². The Morgan fingerprint density at radius 2 is 1.45 bits per heavy atom. The van der Waals surface area contributed by atoms with Gasteiger partial charge in [0.2, 0.25) is 0 Å². The fraction of sp³-hybridized carbons (Fsp3) is 0.111. The lowest BCUT2D eigenvalue weighted by molar-refractivity contribution is 1.07. The van der Waals surface area contributed by atoms with Gasteiger partial charge in [-0.2, -0.15) is 0 Å². The third-order valence-electron chi connectivity index (χ3n) is 5.46. The van der Waals surface area contributed by atoms with E-state index in [4.69, 9.17) is 0 Å². The molecule has 0 aliphatic rings. The molecule has 0 unspecified atom stereocenters. The molecule has 2 heterocycles. The maximum absolute atomic E-state index is 4.68. The van der Waals surface area contributed by atoms with Crippen molar-refractivity contribution in [3.63, 3.8) is 0 Å². The Hall–Kier alpha value is -3.92. The molecule has 0 fully saturated rings. The van der Waals surface area contributed by atoms with E-state index in [1.165, 1.54) is 16.7 Å². The van der Waals surface area contributed by atoms with Gasteiger partial charge >= 0.3 is 0 Å². The smallest absolute Gasteiger partial charge is 0.150 e. The van der Waals surface area contributed by atoms with Crippen molar-refractivity contribution >= 4 is 22.5 Å². The first kappa shape index (κ1) is 19.1. The minimum Gasteiger partial charge on any atom is -0.340 e. The molecule has 31 heavy (non-hydrogen) atoms. The van der Waals surface area contributed by atoms with E-state index in [9.17, 15) is 0 Å². The van der Waals surface area contributed by atoms with E-state index in [-0.39, 0.29) is 0 Å². The van der Waals surface area contributed by atoms with Crippen molar-refractivity contribution in [2.45, 2.75) is 20.8 Å². The average Bonchev–Trinajstić information content (AvgIpc) is 3.15. The van der Waals surface area contributed by atoms with Crippen LogP contribution in [-0.4, -0.2) is 14.5 Å². The fourth-order valence-electron chi connectivity index (χ4n) is 4.08. The predicted octanol–water partition coefficient (Wildman–Crippen LogP) is 6.76. The van der Waals surface area contributed by atoms with E-state index < -0.39 is 0 Å². The Balaban J connectivity index is 1.74. The lowest BCUT2D eigenvalue weighted by atomic mass is 10.1. The fourth-order valence-corrected chi connectivity index (χ4v) is 4.08. The molecule has 4 heteroatoms. The number of aryl methyl sites for hydroxylation is 3. The first-order valence-corrected chi connectivity index (χ1v) is 10.4. The van der Waals surface area contributed by atoms with Crippen LogP contribution in [0.1, 0.15) is 16.7 Å². The molecule has 2 aromatic heterocycles. The zero-order valence-electron chi connectivity index (χ0n) is 17.9. The summed E-state index contributed by atoms with van der Waals surface area (Å²) in [5.74, 6) is 0.805.